The molecule has 1 aromatic carbocycles. The van der Waals surface area contributed by atoms with Crippen LogP contribution in [0.5, 0.6) is 0 Å². The topological polar surface area (TPSA) is 42.2 Å². The molecule has 0 N–H and O–H groups in total. The number of nitrogens with zero attached hydrogens (tertiary/aromatic N) is 3. The molecule has 1 atom stereocenters. The number of aryl methyl sites for hydroxylation is 1. The Morgan fingerprint density at radius 2 is 2.19 bits per heavy atom. The van der Waals surface area contributed by atoms with Crippen molar-refractivity contribution in [2.24, 2.45) is 0 Å². The molecular formula is C17H17N3O. The fraction of sp³-hybridized carbons (Fsp3) is 0.294. The van der Waals surface area contributed by atoms with Crippen LogP contribution in [0, 0.1) is 6.92 Å². The van der Waals surface area contributed by atoms with E-state index in [0.29, 0.717) is 5.71 Å². The lowest BCUT2D eigenvalue weighted by Gasteiger charge is -2.23. The van der Waals surface area contributed by atoms with Gasteiger partial charge in [-0.1, -0.05) is 18.2 Å². The van der Waals surface area contributed by atoms with Crippen molar-refractivity contribution in [2.75, 3.05) is 11.4 Å². The third kappa shape index (κ3) is 1.90. The quantitative estimate of drug-likeness (QED) is 0.718. The first-order valence-electron chi connectivity index (χ1n) is 7.34. The van der Waals surface area contributed by atoms with E-state index in [1.807, 2.05) is 19.2 Å². The van der Waals surface area contributed by atoms with E-state index in [2.05, 4.69) is 46.1 Å². The Morgan fingerprint density at radius 1 is 1.33 bits per heavy atom. The van der Waals surface area contributed by atoms with Crippen LogP contribution in [-0.4, -0.2) is 16.5 Å². The van der Waals surface area contributed by atoms with E-state index < -0.39 is 0 Å². The maximum absolute atomic E-state index is 5.91. The Morgan fingerprint density at radius 3 is 3.05 bits per heavy atom. The van der Waals surface area contributed by atoms with Gasteiger partial charge in [0.05, 0.1) is 0 Å². The van der Waals surface area contributed by atoms with Crippen LogP contribution >= 0.6 is 0 Å². The van der Waals surface area contributed by atoms with E-state index >= 15 is 0 Å². The predicted octanol–water partition coefficient (Wildman–Crippen LogP) is 3.65. The van der Waals surface area contributed by atoms with Crippen molar-refractivity contribution in [3.05, 3.63) is 53.5 Å². The number of pyridine rings is 1. The van der Waals surface area contributed by atoms with Gasteiger partial charge < -0.3 is 9.32 Å². The Kier molecular flexibility index (Phi) is 2.70. The average Bonchev–Trinajstić information content (AvgIpc) is 3.06. The van der Waals surface area contributed by atoms with Crippen molar-refractivity contribution >= 4 is 16.9 Å². The second-order valence-electron chi connectivity index (χ2n) is 5.52. The molecule has 3 aromatic rings. The zero-order valence-electron chi connectivity index (χ0n) is 12.2. The minimum atomic E-state index is 0.168. The normalized spacial score (nSPS) is 17.4. The van der Waals surface area contributed by atoms with Crippen LogP contribution in [0.1, 0.15) is 30.0 Å². The number of anilines is 1. The molecule has 0 bridgehead atoms. The summed E-state index contributed by atoms with van der Waals surface area (Å²) in [5.74, 6) is 0.765. The van der Waals surface area contributed by atoms with E-state index in [1.165, 1.54) is 11.3 Å². The monoisotopic (exact) mass is 279 g/mol. The average molecular weight is 279 g/mol. The van der Waals surface area contributed by atoms with Gasteiger partial charge in [0.2, 0.25) is 11.6 Å². The second-order valence-corrected chi connectivity index (χ2v) is 5.52. The van der Waals surface area contributed by atoms with Crippen LogP contribution in [0.25, 0.3) is 11.2 Å². The van der Waals surface area contributed by atoms with Gasteiger partial charge in [0.15, 0.2) is 0 Å². The number of benzene rings is 1. The highest BCUT2D eigenvalue weighted by Gasteiger charge is 2.32. The van der Waals surface area contributed by atoms with E-state index in [-0.39, 0.29) is 6.04 Å². The van der Waals surface area contributed by atoms with Crippen molar-refractivity contribution in [1.29, 1.82) is 0 Å². The summed E-state index contributed by atoms with van der Waals surface area (Å²) >= 11 is 0. The van der Waals surface area contributed by atoms with Crippen molar-refractivity contribution in [2.45, 2.75) is 26.3 Å². The molecule has 0 spiro atoms. The van der Waals surface area contributed by atoms with Gasteiger partial charge in [-0.15, -0.1) is 0 Å². The van der Waals surface area contributed by atoms with Crippen LogP contribution in [0.3, 0.4) is 0 Å². The maximum Gasteiger partial charge on any atom is 0.247 e. The largest absolute Gasteiger partial charge is 0.420 e. The minimum Gasteiger partial charge on any atom is -0.420 e. The molecule has 1 aliphatic rings. The molecule has 2 aromatic heterocycles. The molecule has 0 aliphatic carbocycles. The number of aromatic nitrogens is 2. The van der Waals surface area contributed by atoms with Gasteiger partial charge in [-0.2, -0.15) is 0 Å². The molecule has 0 amide bonds. The van der Waals surface area contributed by atoms with Gasteiger partial charge in [-0.05, 0) is 37.1 Å². The van der Waals surface area contributed by atoms with Gasteiger partial charge in [0.25, 0.3) is 0 Å². The van der Waals surface area contributed by atoms with E-state index in [4.69, 9.17) is 4.42 Å². The summed E-state index contributed by atoms with van der Waals surface area (Å²) in [6, 6.07) is 10.7. The lowest BCUT2D eigenvalue weighted by molar-refractivity contribution is 0.462. The Bertz CT molecular complexity index is 809. The molecule has 1 aliphatic heterocycles. The standard InChI is InChI=1S/C17H17N3O/c1-3-20-14-7-5-4-6-12(14)9-15(20)17-19-13-8-11(2)10-18-16(13)21-17/h4-8,10,15H,3,9H2,1-2H3. The molecule has 4 heteroatoms. The van der Waals surface area contributed by atoms with Crippen molar-refractivity contribution in [3.63, 3.8) is 0 Å². The smallest absolute Gasteiger partial charge is 0.247 e. The van der Waals surface area contributed by atoms with Crippen LogP contribution in [0.15, 0.2) is 40.9 Å². The lowest BCUT2D eigenvalue weighted by atomic mass is 10.1. The van der Waals surface area contributed by atoms with Gasteiger partial charge >= 0.3 is 0 Å². The molecule has 1 unspecified atom stereocenters. The van der Waals surface area contributed by atoms with E-state index in [9.17, 15) is 0 Å². The molecule has 0 saturated carbocycles. The highest BCUT2D eigenvalue weighted by molar-refractivity contribution is 5.69. The molecule has 0 radical (unpaired) electrons. The number of oxazole rings is 1. The Labute approximate surface area is 123 Å². The number of para-hydroxylation sites is 1. The van der Waals surface area contributed by atoms with Crippen molar-refractivity contribution in [3.8, 4) is 0 Å². The first-order chi connectivity index (χ1) is 10.3. The van der Waals surface area contributed by atoms with Crippen molar-refractivity contribution in [1.82, 2.24) is 9.97 Å². The molecule has 21 heavy (non-hydrogen) atoms. The zero-order chi connectivity index (χ0) is 14.4. The lowest BCUT2D eigenvalue weighted by Crippen LogP contribution is -2.24. The van der Waals surface area contributed by atoms with Crippen LogP contribution in [0.4, 0.5) is 5.69 Å². The summed E-state index contributed by atoms with van der Waals surface area (Å²) in [7, 11) is 0. The fourth-order valence-corrected chi connectivity index (χ4v) is 3.14. The van der Waals surface area contributed by atoms with E-state index in [1.54, 1.807) is 0 Å². The number of rotatable bonds is 2. The first kappa shape index (κ1) is 12.4. The Hall–Kier alpha value is -2.36. The molecule has 4 rings (SSSR count). The Balaban J connectivity index is 1.78. The maximum atomic E-state index is 5.91. The summed E-state index contributed by atoms with van der Waals surface area (Å²) < 4.78 is 5.91. The van der Waals surface area contributed by atoms with Gasteiger partial charge in [0, 0.05) is 24.8 Å². The molecule has 106 valence electrons. The summed E-state index contributed by atoms with van der Waals surface area (Å²) in [6.45, 7) is 5.12. The van der Waals surface area contributed by atoms with Gasteiger partial charge in [0.1, 0.15) is 11.6 Å². The van der Waals surface area contributed by atoms with E-state index in [0.717, 1.165) is 29.9 Å². The third-order valence-corrected chi connectivity index (χ3v) is 4.12. The fourth-order valence-electron chi connectivity index (χ4n) is 3.14. The first-order valence-corrected chi connectivity index (χ1v) is 7.34. The molecule has 0 saturated heterocycles. The summed E-state index contributed by atoms with van der Waals surface area (Å²) in [5, 5.41) is 0. The number of hydrogen-bond acceptors (Lipinski definition) is 4. The number of fused-ring (bicyclic) bond motifs is 2. The summed E-state index contributed by atoms with van der Waals surface area (Å²) in [6.07, 6.45) is 2.76. The molecular weight excluding hydrogens is 262 g/mol. The summed E-state index contributed by atoms with van der Waals surface area (Å²) in [4.78, 5) is 11.3. The van der Waals surface area contributed by atoms with Crippen LogP contribution in [0.2, 0.25) is 0 Å². The number of likely N-dealkylation sites (N-methyl/N-ethyl adjacent to an activating group) is 1. The predicted molar refractivity (Wildman–Crippen MR) is 82.4 cm³/mol. The molecule has 3 heterocycles. The highest BCUT2D eigenvalue weighted by atomic mass is 16.4. The number of hydrogen-bond donors (Lipinski definition) is 0. The molecule has 0 fully saturated rings. The zero-order valence-corrected chi connectivity index (χ0v) is 12.2. The third-order valence-electron chi connectivity index (χ3n) is 4.12. The highest BCUT2D eigenvalue weighted by Crippen LogP contribution is 2.40. The summed E-state index contributed by atoms with van der Waals surface area (Å²) in [5.41, 5.74) is 5.22. The second kappa shape index (κ2) is 4.58. The van der Waals surface area contributed by atoms with Crippen LogP contribution in [-0.2, 0) is 6.42 Å². The van der Waals surface area contributed by atoms with Gasteiger partial charge in [-0.3, -0.25) is 0 Å². The minimum absolute atomic E-state index is 0.168. The van der Waals surface area contributed by atoms with Gasteiger partial charge in [-0.25, -0.2) is 9.97 Å². The van der Waals surface area contributed by atoms with Crippen LogP contribution < -0.4 is 4.90 Å². The molecule has 4 nitrogen and oxygen atoms in total. The van der Waals surface area contributed by atoms with Crippen molar-refractivity contribution < 1.29 is 4.42 Å². The SMILES string of the molecule is CCN1c2ccccc2CC1c1nc2cc(C)cnc2o1.